The number of aliphatic carboxylic acids is 1. The highest BCUT2D eigenvalue weighted by atomic mass is 32.1. The van der Waals surface area contributed by atoms with Crippen molar-refractivity contribution in [2.45, 2.75) is 12.5 Å². The molecule has 2 N–H and O–H groups in total. The summed E-state index contributed by atoms with van der Waals surface area (Å²) in [5.74, 6) is -0.0929. The fraction of sp³-hybridized carbons (Fsp3) is 0.182. The Hall–Kier alpha value is -3.50. The second kappa shape index (κ2) is 8.25. The van der Waals surface area contributed by atoms with Crippen LogP contribution in [0.3, 0.4) is 0 Å². The van der Waals surface area contributed by atoms with Gasteiger partial charge in [0.15, 0.2) is 17.0 Å². The third-order valence-electron chi connectivity index (χ3n) is 4.73. The van der Waals surface area contributed by atoms with Crippen LogP contribution in [-0.2, 0) is 10.3 Å². The van der Waals surface area contributed by atoms with Gasteiger partial charge < -0.3 is 19.9 Å². The van der Waals surface area contributed by atoms with E-state index < -0.39 is 11.5 Å². The van der Waals surface area contributed by atoms with Crippen LogP contribution in [0.1, 0.15) is 18.1 Å². The van der Waals surface area contributed by atoms with Crippen molar-refractivity contribution < 1.29 is 19.4 Å². The smallest absolute Gasteiger partial charge is 0.333 e. The number of nitriles is 1. The average molecular weight is 408 g/mol. The van der Waals surface area contributed by atoms with Gasteiger partial charge in [-0.3, -0.25) is 0 Å². The van der Waals surface area contributed by atoms with Crippen LogP contribution in [-0.4, -0.2) is 25.3 Å². The maximum atomic E-state index is 12.4. The Morgan fingerprint density at radius 2 is 1.79 bits per heavy atom. The van der Waals surface area contributed by atoms with Crippen molar-refractivity contribution in [3.05, 3.63) is 64.4 Å². The van der Waals surface area contributed by atoms with E-state index in [2.05, 4.69) is 11.4 Å². The van der Waals surface area contributed by atoms with Crippen LogP contribution >= 0.6 is 11.3 Å². The van der Waals surface area contributed by atoms with E-state index in [1.165, 1.54) is 18.4 Å². The number of hydrogen-bond donors (Lipinski definition) is 2. The summed E-state index contributed by atoms with van der Waals surface area (Å²) in [5.41, 5.74) is 1.77. The molecule has 1 heterocycles. The molecule has 0 fully saturated rings. The lowest BCUT2D eigenvalue weighted by Gasteiger charge is -2.31. The van der Waals surface area contributed by atoms with Crippen molar-refractivity contribution in [2.75, 3.05) is 19.5 Å². The van der Waals surface area contributed by atoms with E-state index >= 15 is 0 Å². The first-order chi connectivity index (χ1) is 13.9. The van der Waals surface area contributed by atoms with Crippen LogP contribution in [0, 0.1) is 11.3 Å². The summed E-state index contributed by atoms with van der Waals surface area (Å²) in [6, 6.07) is 14.1. The summed E-state index contributed by atoms with van der Waals surface area (Å²) in [6.45, 7) is 1.60. The van der Waals surface area contributed by atoms with E-state index in [1.54, 1.807) is 50.4 Å². The lowest BCUT2D eigenvalue weighted by molar-refractivity contribution is -0.142. The minimum absolute atomic E-state index is 0.440. The van der Waals surface area contributed by atoms with Crippen LogP contribution in [0.5, 0.6) is 11.5 Å². The lowest BCUT2D eigenvalue weighted by atomic mass is 9.85. The molecule has 0 radical (unpaired) electrons. The quantitative estimate of drug-likeness (QED) is 0.588. The number of carboxylic acid groups (broad SMARTS) is 1. The molecular formula is C22H20N2O4S. The fourth-order valence-corrected chi connectivity index (χ4v) is 3.76. The Balaban J connectivity index is 2.19. The zero-order valence-electron chi connectivity index (χ0n) is 16.2. The molecular weight excluding hydrogens is 388 g/mol. The minimum atomic E-state index is -1.47. The highest BCUT2D eigenvalue weighted by Crippen LogP contribution is 2.42. The molecule has 0 saturated carbocycles. The summed E-state index contributed by atoms with van der Waals surface area (Å²) in [5, 5.41) is 26.2. The largest absolute Gasteiger partial charge is 0.493 e. The first-order valence-corrected chi connectivity index (χ1v) is 9.68. The molecule has 3 rings (SSSR count). The van der Waals surface area contributed by atoms with E-state index in [0.717, 1.165) is 11.1 Å². The number of nitrogens with one attached hydrogen (secondary N) is 1. The third kappa shape index (κ3) is 3.89. The number of thiophene rings is 1. The number of anilines is 1. The number of carbonyl (C=O) groups is 1. The topological polar surface area (TPSA) is 91.6 Å². The third-order valence-corrected chi connectivity index (χ3v) is 5.41. The number of methoxy groups -OCH3 is 2. The fourth-order valence-electron chi connectivity index (χ4n) is 3.10. The summed E-state index contributed by atoms with van der Waals surface area (Å²) in [6.07, 6.45) is 0. The maximum Gasteiger partial charge on any atom is 0.333 e. The summed E-state index contributed by atoms with van der Waals surface area (Å²) < 4.78 is 10.9. The highest BCUT2D eigenvalue weighted by Gasteiger charge is 2.38. The predicted molar refractivity (Wildman–Crippen MR) is 113 cm³/mol. The van der Waals surface area contributed by atoms with Crippen molar-refractivity contribution in [3.63, 3.8) is 0 Å². The number of hydrogen-bond acceptors (Lipinski definition) is 6. The molecule has 0 aliphatic heterocycles. The molecule has 2 aromatic carbocycles. The van der Waals surface area contributed by atoms with Gasteiger partial charge in [0.1, 0.15) is 0 Å². The van der Waals surface area contributed by atoms with Gasteiger partial charge in [0.2, 0.25) is 0 Å². The Morgan fingerprint density at radius 3 is 2.31 bits per heavy atom. The monoisotopic (exact) mass is 408 g/mol. The van der Waals surface area contributed by atoms with Crippen molar-refractivity contribution in [1.82, 2.24) is 0 Å². The molecule has 1 atom stereocenters. The molecule has 1 aromatic heterocycles. The summed E-state index contributed by atoms with van der Waals surface area (Å²) in [4.78, 5) is 12.4. The molecule has 6 nitrogen and oxygen atoms in total. The van der Waals surface area contributed by atoms with E-state index in [0.29, 0.717) is 28.3 Å². The minimum Gasteiger partial charge on any atom is -0.493 e. The second-order valence-electron chi connectivity index (χ2n) is 6.51. The van der Waals surface area contributed by atoms with Crippen molar-refractivity contribution in [1.29, 1.82) is 5.26 Å². The Labute approximate surface area is 173 Å². The van der Waals surface area contributed by atoms with Gasteiger partial charge in [-0.1, -0.05) is 0 Å². The van der Waals surface area contributed by atoms with E-state index in [9.17, 15) is 9.90 Å². The average Bonchev–Trinajstić information content (AvgIpc) is 3.27. The summed E-state index contributed by atoms with van der Waals surface area (Å²) >= 11 is 1.52. The van der Waals surface area contributed by atoms with Gasteiger partial charge in [-0.05, 0) is 71.3 Å². The van der Waals surface area contributed by atoms with E-state index in [4.69, 9.17) is 14.7 Å². The SMILES string of the molecule is COc1cc(-c2ccsc2)c(C(C)(Nc2ccc(C#N)cc2)C(=O)O)cc1OC. The Bertz CT molecular complexity index is 1060. The van der Waals surface area contributed by atoms with Crippen LogP contribution in [0.25, 0.3) is 11.1 Å². The normalized spacial score (nSPS) is 12.5. The van der Waals surface area contributed by atoms with Crippen molar-refractivity contribution in [3.8, 4) is 28.7 Å². The second-order valence-corrected chi connectivity index (χ2v) is 7.29. The molecule has 0 saturated heterocycles. The van der Waals surface area contributed by atoms with E-state index in [-0.39, 0.29) is 0 Å². The number of rotatable bonds is 7. The van der Waals surface area contributed by atoms with Gasteiger partial charge in [0, 0.05) is 11.3 Å². The molecule has 0 aliphatic carbocycles. The zero-order chi connectivity index (χ0) is 21.0. The lowest BCUT2D eigenvalue weighted by Crippen LogP contribution is -2.41. The van der Waals surface area contributed by atoms with Gasteiger partial charge in [-0.25, -0.2) is 4.79 Å². The predicted octanol–water partition coefficient (Wildman–Crippen LogP) is 4.72. The van der Waals surface area contributed by atoms with Crippen molar-refractivity contribution in [2.24, 2.45) is 0 Å². The highest BCUT2D eigenvalue weighted by molar-refractivity contribution is 7.08. The molecule has 148 valence electrons. The molecule has 0 spiro atoms. The van der Waals surface area contributed by atoms with Crippen LogP contribution in [0.2, 0.25) is 0 Å². The first kappa shape index (κ1) is 20.2. The number of carboxylic acids is 1. The van der Waals surface area contributed by atoms with Crippen molar-refractivity contribution >= 4 is 23.0 Å². The van der Waals surface area contributed by atoms with Gasteiger partial charge in [-0.2, -0.15) is 16.6 Å². The molecule has 3 aromatic rings. The number of ether oxygens (including phenoxy) is 2. The van der Waals surface area contributed by atoms with Crippen LogP contribution in [0.4, 0.5) is 5.69 Å². The Morgan fingerprint density at radius 1 is 1.14 bits per heavy atom. The van der Waals surface area contributed by atoms with Gasteiger partial charge in [-0.15, -0.1) is 0 Å². The standard InChI is InChI=1S/C22H20N2O4S/c1-22(21(25)26,24-16-6-4-14(12-23)5-7-16)18-11-20(28-3)19(27-2)10-17(18)15-8-9-29-13-15/h4-11,13,24H,1-3H3,(H,25,26). The molecule has 1 unspecified atom stereocenters. The van der Waals surface area contributed by atoms with E-state index in [1.807, 2.05) is 16.8 Å². The zero-order valence-corrected chi connectivity index (χ0v) is 17.0. The molecule has 7 heteroatoms. The van der Waals surface area contributed by atoms with Gasteiger partial charge in [0.25, 0.3) is 0 Å². The first-order valence-electron chi connectivity index (χ1n) is 8.73. The van der Waals surface area contributed by atoms with Crippen LogP contribution in [0.15, 0.2) is 53.2 Å². The van der Waals surface area contributed by atoms with Crippen LogP contribution < -0.4 is 14.8 Å². The Kier molecular flexibility index (Phi) is 5.76. The van der Waals surface area contributed by atoms with Gasteiger partial charge >= 0.3 is 5.97 Å². The van der Waals surface area contributed by atoms with Gasteiger partial charge in [0.05, 0.1) is 25.9 Å². The number of nitrogens with zero attached hydrogens (tertiary/aromatic N) is 1. The molecule has 0 amide bonds. The molecule has 0 aliphatic rings. The molecule has 29 heavy (non-hydrogen) atoms. The number of benzene rings is 2. The molecule has 0 bridgehead atoms. The summed E-state index contributed by atoms with van der Waals surface area (Å²) in [7, 11) is 3.05. The maximum absolute atomic E-state index is 12.4.